The smallest absolute Gasteiger partial charge is 0.0126 e. The third-order valence-electron chi connectivity index (χ3n) is 5.40. The molecule has 190 valence electrons. The van der Waals surface area contributed by atoms with Crippen molar-refractivity contribution in [1.29, 1.82) is 0 Å². The van der Waals surface area contributed by atoms with Gasteiger partial charge in [-0.05, 0) is 125 Å². The average molecular weight is 473 g/mol. The van der Waals surface area contributed by atoms with Crippen LogP contribution < -0.4 is 0 Å². The van der Waals surface area contributed by atoms with E-state index in [1.165, 1.54) is 97.6 Å². The summed E-state index contributed by atoms with van der Waals surface area (Å²) in [5, 5.41) is 0. The van der Waals surface area contributed by atoms with Crippen molar-refractivity contribution in [2.24, 2.45) is 0 Å². The molecule has 0 radical (unpaired) electrons. The molecular weight excluding hydrogens is 416 g/mol. The first-order valence-corrected chi connectivity index (χ1v) is 13.8. The molecular formula is C32H56S. The van der Waals surface area contributed by atoms with Gasteiger partial charge < -0.3 is 0 Å². The summed E-state index contributed by atoms with van der Waals surface area (Å²) in [4.78, 5) is 0. The number of rotatable bonds is 15. The second-order valence-corrected chi connectivity index (χ2v) is 10.4. The van der Waals surface area contributed by atoms with Gasteiger partial charge in [0.15, 0.2) is 0 Å². The first-order valence-electron chi connectivity index (χ1n) is 13.1. The highest BCUT2D eigenvalue weighted by molar-refractivity contribution is 7.80. The van der Waals surface area contributed by atoms with Crippen molar-refractivity contribution in [3.05, 3.63) is 69.9 Å². The lowest BCUT2D eigenvalue weighted by atomic mass is 10.0. The zero-order valence-corrected chi connectivity index (χ0v) is 24.6. The maximum atomic E-state index is 3.79. The first-order chi connectivity index (χ1) is 15.6. The summed E-state index contributed by atoms with van der Waals surface area (Å²) in [5.41, 5.74) is 8.97. The molecule has 0 rings (SSSR count). The van der Waals surface area contributed by atoms with Gasteiger partial charge in [0, 0.05) is 0 Å². The van der Waals surface area contributed by atoms with E-state index in [9.17, 15) is 0 Å². The van der Waals surface area contributed by atoms with Crippen molar-refractivity contribution in [3.63, 3.8) is 0 Å². The first kappa shape index (κ1) is 34.0. The fraction of sp³-hybridized carbons (Fsp3) is 0.625. The summed E-state index contributed by atoms with van der Waals surface area (Å²) in [6.07, 6.45) is 26.2. The van der Waals surface area contributed by atoms with E-state index in [0.717, 1.165) is 5.75 Å². The largest absolute Gasteiger partial charge is 0.180 e. The van der Waals surface area contributed by atoms with Gasteiger partial charge in [0.05, 0.1) is 0 Å². The topological polar surface area (TPSA) is 0 Å². The van der Waals surface area contributed by atoms with E-state index in [1.807, 2.05) is 6.92 Å². The minimum absolute atomic E-state index is 0.944. The molecule has 0 aromatic carbocycles. The van der Waals surface area contributed by atoms with Crippen LogP contribution in [0.1, 0.15) is 127 Å². The molecule has 0 amide bonds. The van der Waals surface area contributed by atoms with Crippen LogP contribution in [-0.4, -0.2) is 5.75 Å². The summed E-state index contributed by atoms with van der Waals surface area (Å²) >= 11 is 3.79. The zero-order valence-electron chi connectivity index (χ0n) is 23.7. The van der Waals surface area contributed by atoms with Gasteiger partial charge >= 0.3 is 0 Å². The second-order valence-electron chi connectivity index (χ2n) is 9.81. The van der Waals surface area contributed by atoms with E-state index in [4.69, 9.17) is 0 Å². The molecule has 0 aliphatic rings. The van der Waals surface area contributed by atoms with E-state index in [-0.39, 0.29) is 0 Å². The van der Waals surface area contributed by atoms with Crippen molar-refractivity contribution in [1.82, 2.24) is 0 Å². The lowest BCUT2D eigenvalue weighted by molar-refractivity contribution is 0.896. The highest BCUT2D eigenvalue weighted by Gasteiger charge is 1.94. The van der Waals surface area contributed by atoms with Crippen molar-refractivity contribution < 1.29 is 0 Å². The molecule has 0 aromatic heterocycles. The number of allylic oxidation sites excluding steroid dienone is 12. The van der Waals surface area contributed by atoms with Crippen LogP contribution in [0.5, 0.6) is 0 Å². The maximum absolute atomic E-state index is 3.79. The van der Waals surface area contributed by atoms with Crippen LogP contribution in [-0.2, 0) is 0 Å². The molecule has 0 saturated heterocycles. The van der Waals surface area contributed by atoms with Gasteiger partial charge in [-0.1, -0.05) is 76.8 Å². The van der Waals surface area contributed by atoms with E-state index < -0.39 is 0 Å². The van der Waals surface area contributed by atoms with Gasteiger partial charge in [0.2, 0.25) is 0 Å². The summed E-state index contributed by atoms with van der Waals surface area (Å²) in [6, 6.07) is 0. The van der Waals surface area contributed by atoms with Gasteiger partial charge in [0.1, 0.15) is 0 Å². The van der Waals surface area contributed by atoms with Crippen molar-refractivity contribution >= 4 is 12.6 Å². The Hall–Kier alpha value is -1.21. The molecule has 0 aliphatic heterocycles. The Bertz CT molecular complexity index is 599. The Labute approximate surface area is 214 Å². The van der Waals surface area contributed by atoms with Crippen LogP contribution in [0.4, 0.5) is 0 Å². The predicted molar refractivity (Wildman–Crippen MR) is 160 cm³/mol. The SMILES string of the molecule is CC(C)=CCC/C(C)=C/CC/C(C)=C/CC/C=C(\C)CC/C=C(\C)CCC=C(C)C.CCS. The highest BCUT2D eigenvalue weighted by atomic mass is 32.1. The van der Waals surface area contributed by atoms with Crippen LogP contribution in [0, 0.1) is 0 Å². The molecule has 0 aliphatic carbocycles. The molecule has 0 fully saturated rings. The monoisotopic (exact) mass is 472 g/mol. The predicted octanol–water partition coefficient (Wildman–Crippen LogP) is 11.5. The number of thiol groups is 1. The van der Waals surface area contributed by atoms with Crippen molar-refractivity contribution in [2.45, 2.75) is 127 Å². The van der Waals surface area contributed by atoms with E-state index in [2.05, 4.69) is 104 Å². The van der Waals surface area contributed by atoms with Gasteiger partial charge in [-0.2, -0.15) is 12.6 Å². The maximum Gasteiger partial charge on any atom is -0.0126 e. The third kappa shape index (κ3) is 28.8. The molecule has 0 bridgehead atoms. The summed E-state index contributed by atoms with van der Waals surface area (Å²) in [5.74, 6) is 0.944. The lowest BCUT2D eigenvalue weighted by Gasteiger charge is -2.02. The number of hydrogen-bond donors (Lipinski definition) is 1. The highest BCUT2D eigenvalue weighted by Crippen LogP contribution is 2.14. The lowest BCUT2D eigenvalue weighted by Crippen LogP contribution is -1.82. The minimum Gasteiger partial charge on any atom is -0.180 e. The Morgan fingerprint density at radius 1 is 0.424 bits per heavy atom. The quantitative estimate of drug-likeness (QED) is 0.137. The summed E-state index contributed by atoms with van der Waals surface area (Å²) < 4.78 is 0. The molecule has 0 heterocycles. The normalized spacial score (nSPS) is 12.8. The number of unbranched alkanes of at least 4 members (excludes halogenated alkanes) is 1. The van der Waals surface area contributed by atoms with Crippen molar-refractivity contribution in [2.75, 3.05) is 5.75 Å². The standard InChI is InChI=1S/C30H50.C2H6S/c1-25(2)15-11-19-29(7)23-13-21-27(5)17-9-10-18-28(6)22-14-24-30(8)20-12-16-26(3)4;1-2-3/h15-18,23-24H,9-14,19-22H2,1-8H3;3H,2H2,1H3/b27-17+,28-18+,29-23+,30-24+;. The van der Waals surface area contributed by atoms with Crippen LogP contribution in [0.2, 0.25) is 0 Å². The molecule has 0 unspecified atom stereocenters. The molecule has 0 aromatic rings. The van der Waals surface area contributed by atoms with E-state index in [1.54, 1.807) is 0 Å². The van der Waals surface area contributed by atoms with Gasteiger partial charge in [-0.25, -0.2) is 0 Å². The molecule has 1 heteroatoms. The Kier molecular flexibility index (Phi) is 24.6. The number of hydrogen-bond acceptors (Lipinski definition) is 1. The fourth-order valence-corrected chi connectivity index (χ4v) is 3.34. The minimum atomic E-state index is 0.944. The van der Waals surface area contributed by atoms with Gasteiger partial charge in [-0.3, -0.25) is 0 Å². The van der Waals surface area contributed by atoms with E-state index >= 15 is 0 Å². The van der Waals surface area contributed by atoms with Crippen LogP contribution >= 0.6 is 12.6 Å². The molecule has 0 saturated carbocycles. The Morgan fingerprint density at radius 2 is 0.636 bits per heavy atom. The van der Waals surface area contributed by atoms with Crippen LogP contribution in [0.15, 0.2) is 69.9 Å². The van der Waals surface area contributed by atoms with Crippen molar-refractivity contribution in [3.8, 4) is 0 Å². The van der Waals surface area contributed by atoms with Crippen LogP contribution in [0.3, 0.4) is 0 Å². The summed E-state index contributed by atoms with van der Waals surface area (Å²) in [7, 11) is 0. The summed E-state index contributed by atoms with van der Waals surface area (Å²) in [6.45, 7) is 19.8. The zero-order chi connectivity index (χ0) is 25.5. The van der Waals surface area contributed by atoms with E-state index in [0.29, 0.717) is 0 Å². The molecule has 33 heavy (non-hydrogen) atoms. The Morgan fingerprint density at radius 3 is 0.879 bits per heavy atom. The molecule has 0 atom stereocenters. The third-order valence-corrected chi connectivity index (χ3v) is 5.40. The second kappa shape index (κ2) is 23.9. The Balaban J connectivity index is 0. The van der Waals surface area contributed by atoms with Gasteiger partial charge in [0.25, 0.3) is 0 Å². The molecule has 0 nitrogen and oxygen atoms in total. The molecule has 0 spiro atoms. The van der Waals surface area contributed by atoms with Crippen LogP contribution in [0.25, 0.3) is 0 Å². The fourth-order valence-electron chi connectivity index (χ4n) is 3.34. The molecule has 0 N–H and O–H groups in total. The average Bonchev–Trinajstić information content (AvgIpc) is 2.71. The van der Waals surface area contributed by atoms with Gasteiger partial charge in [-0.15, -0.1) is 0 Å².